The minimum Gasteiger partial charge on any atom is -0.374 e. The first kappa shape index (κ1) is 16.5. The molecule has 5 heteroatoms. The zero-order chi connectivity index (χ0) is 16.9. The quantitative estimate of drug-likeness (QED) is 0.815. The normalized spacial score (nSPS) is 14.8. The number of nitrogens with zero attached hydrogens (tertiary/aromatic N) is 1. The lowest BCUT2D eigenvalue weighted by Gasteiger charge is -2.14. The summed E-state index contributed by atoms with van der Waals surface area (Å²) in [5.41, 5.74) is 2.72. The molecule has 124 valence electrons. The molecule has 24 heavy (non-hydrogen) atoms. The zero-order valence-electron chi connectivity index (χ0n) is 13.8. The number of para-hydroxylation sites is 1. The van der Waals surface area contributed by atoms with Crippen LogP contribution in [0.3, 0.4) is 0 Å². The molecular weight excluding hydrogens is 318 g/mol. The van der Waals surface area contributed by atoms with Crippen LogP contribution in [0.15, 0.2) is 30.3 Å². The molecule has 1 aliphatic rings. The first-order chi connectivity index (χ1) is 11.7. The van der Waals surface area contributed by atoms with E-state index in [0.29, 0.717) is 10.6 Å². The van der Waals surface area contributed by atoms with E-state index in [2.05, 4.69) is 16.7 Å². The molecule has 1 atom stereocenters. The van der Waals surface area contributed by atoms with Gasteiger partial charge in [-0.3, -0.25) is 4.79 Å². The second-order valence-corrected chi connectivity index (χ2v) is 7.21. The molecule has 0 fully saturated rings. The molecule has 2 N–H and O–H groups in total. The molecule has 4 nitrogen and oxygen atoms in total. The molecule has 1 amide bonds. The number of hydrogen-bond acceptors (Lipinski definition) is 4. The van der Waals surface area contributed by atoms with Crippen LogP contribution in [-0.2, 0) is 17.6 Å². The summed E-state index contributed by atoms with van der Waals surface area (Å²) in [4.78, 5) is 13.8. The van der Waals surface area contributed by atoms with E-state index >= 15 is 0 Å². The van der Waals surface area contributed by atoms with Crippen molar-refractivity contribution in [2.45, 2.75) is 45.1 Å². The maximum atomic E-state index is 12.5. The Balaban J connectivity index is 1.73. The van der Waals surface area contributed by atoms with Crippen molar-refractivity contribution in [1.29, 1.82) is 5.26 Å². The highest BCUT2D eigenvalue weighted by Gasteiger charge is 2.22. The number of amides is 1. The van der Waals surface area contributed by atoms with Gasteiger partial charge in [-0.2, -0.15) is 5.26 Å². The summed E-state index contributed by atoms with van der Waals surface area (Å²) >= 11 is 1.57. The average molecular weight is 339 g/mol. The number of hydrogen-bond donors (Lipinski definition) is 2. The molecule has 0 spiro atoms. The number of anilines is 2. The topological polar surface area (TPSA) is 64.9 Å². The number of rotatable bonds is 4. The number of aryl methyl sites for hydroxylation is 1. The Hall–Kier alpha value is -2.32. The van der Waals surface area contributed by atoms with Crippen LogP contribution in [0.4, 0.5) is 10.7 Å². The third kappa shape index (κ3) is 3.60. The Morgan fingerprint density at radius 3 is 2.71 bits per heavy atom. The van der Waals surface area contributed by atoms with Crippen molar-refractivity contribution in [1.82, 2.24) is 0 Å². The van der Waals surface area contributed by atoms with Crippen LogP contribution in [-0.4, -0.2) is 11.9 Å². The van der Waals surface area contributed by atoms with E-state index in [4.69, 9.17) is 0 Å². The van der Waals surface area contributed by atoms with E-state index in [-0.39, 0.29) is 11.9 Å². The number of thiophene rings is 1. The Bertz CT molecular complexity index is 761. The fourth-order valence-corrected chi connectivity index (χ4v) is 4.26. The highest BCUT2D eigenvalue weighted by atomic mass is 32.1. The van der Waals surface area contributed by atoms with Crippen LogP contribution >= 0.6 is 11.3 Å². The summed E-state index contributed by atoms with van der Waals surface area (Å²) < 4.78 is 0. The lowest BCUT2D eigenvalue weighted by Crippen LogP contribution is -2.31. The molecule has 0 saturated carbocycles. The minimum absolute atomic E-state index is 0.119. The molecule has 0 saturated heterocycles. The third-order valence-corrected chi connectivity index (χ3v) is 5.53. The van der Waals surface area contributed by atoms with E-state index in [9.17, 15) is 10.1 Å². The van der Waals surface area contributed by atoms with Crippen molar-refractivity contribution in [2.75, 3.05) is 10.6 Å². The van der Waals surface area contributed by atoms with Crippen molar-refractivity contribution in [3.05, 3.63) is 46.3 Å². The predicted molar refractivity (Wildman–Crippen MR) is 98.4 cm³/mol. The molecule has 2 aromatic rings. The van der Waals surface area contributed by atoms with Crippen LogP contribution < -0.4 is 10.6 Å². The standard InChI is InChI=1S/C19H21N3OS/c1-13(21-14-8-4-2-5-9-14)18(23)22-19-16(12-20)15-10-6-3-7-11-17(15)24-19/h2,4-5,8-9,13,21H,3,6-7,10-11H2,1H3,(H,22,23)/t13-/m0/s1. The molecule has 0 bridgehead atoms. The summed E-state index contributed by atoms with van der Waals surface area (Å²) in [6.07, 6.45) is 5.46. The summed E-state index contributed by atoms with van der Waals surface area (Å²) in [7, 11) is 0. The van der Waals surface area contributed by atoms with E-state index in [0.717, 1.165) is 36.9 Å². The highest BCUT2D eigenvalue weighted by Crippen LogP contribution is 2.37. The molecule has 0 unspecified atom stereocenters. The van der Waals surface area contributed by atoms with E-state index in [1.807, 2.05) is 37.3 Å². The van der Waals surface area contributed by atoms with Gasteiger partial charge in [-0.05, 0) is 50.3 Å². The third-order valence-electron chi connectivity index (χ3n) is 4.32. The molecule has 0 radical (unpaired) electrons. The van der Waals surface area contributed by atoms with Crippen LogP contribution in [0.5, 0.6) is 0 Å². The first-order valence-electron chi connectivity index (χ1n) is 8.36. The second kappa shape index (κ2) is 7.50. The minimum atomic E-state index is -0.374. The van der Waals surface area contributed by atoms with Gasteiger partial charge in [0.05, 0.1) is 5.56 Å². The van der Waals surface area contributed by atoms with Crippen LogP contribution in [0.1, 0.15) is 42.2 Å². The SMILES string of the molecule is C[C@H](Nc1ccccc1)C(=O)Nc1sc2c(c1C#N)CCCCC2. The average Bonchev–Trinajstić information content (AvgIpc) is 2.75. The number of fused-ring (bicyclic) bond motifs is 1. The summed E-state index contributed by atoms with van der Waals surface area (Å²) in [5.74, 6) is -0.119. The van der Waals surface area contributed by atoms with Gasteiger partial charge in [0.2, 0.25) is 5.91 Å². The first-order valence-corrected chi connectivity index (χ1v) is 9.17. The van der Waals surface area contributed by atoms with Crippen molar-refractivity contribution < 1.29 is 4.79 Å². The van der Waals surface area contributed by atoms with Gasteiger partial charge in [0, 0.05) is 10.6 Å². The summed E-state index contributed by atoms with van der Waals surface area (Å²) in [5, 5.41) is 16.4. The zero-order valence-corrected chi connectivity index (χ0v) is 14.6. The van der Waals surface area contributed by atoms with Gasteiger partial charge in [0.15, 0.2) is 0 Å². The van der Waals surface area contributed by atoms with Gasteiger partial charge < -0.3 is 10.6 Å². The molecule has 1 aromatic heterocycles. The van der Waals surface area contributed by atoms with Gasteiger partial charge in [0.25, 0.3) is 0 Å². The van der Waals surface area contributed by atoms with Crippen LogP contribution in [0, 0.1) is 11.3 Å². The molecule has 3 rings (SSSR count). The van der Waals surface area contributed by atoms with Crippen molar-refractivity contribution in [3.8, 4) is 6.07 Å². The monoisotopic (exact) mass is 339 g/mol. The molecule has 1 aliphatic carbocycles. The number of carbonyl (C=O) groups excluding carboxylic acids is 1. The fourth-order valence-electron chi connectivity index (χ4n) is 3.02. The van der Waals surface area contributed by atoms with Gasteiger partial charge in [0.1, 0.15) is 17.1 Å². The number of nitriles is 1. The number of carbonyl (C=O) groups is 1. The fraction of sp³-hybridized carbons (Fsp3) is 0.368. The maximum Gasteiger partial charge on any atom is 0.247 e. The van der Waals surface area contributed by atoms with Crippen molar-refractivity contribution >= 4 is 27.9 Å². The van der Waals surface area contributed by atoms with Crippen LogP contribution in [0.25, 0.3) is 0 Å². The molecule has 1 aromatic carbocycles. The smallest absolute Gasteiger partial charge is 0.247 e. The highest BCUT2D eigenvalue weighted by molar-refractivity contribution is 7.16. The summed E-state index contributed by atoms with van der Waals surface area (Å²) in [6.45, 7) is 1.83. The van der Waals surface area contributed by atoms with E-state index < -0.39 is 0 Å². The van der Waals surface area contributed by atoms with Crippen molar-refractivity contribution in [2.24, 2.45) is 0 Å². The Labute approximate surface area is 146 Å². The van der Waals surface area contributed by atoms with Crippen molar-refractivity contribution in [3.63, 3.8) is 0 Å². The summed E-state index contributed by atoms with van der Waals surface area (Å²) in [6, 6.07) is 11.6. The number of nitrogens with one attached hydrogen (secondary N) is 2. The Morgan fingerprint density at radius 1 is 1.21 bits per heavy atom. The lowest BCUT2D eigenvalue weighted by atomic mass is 10.1. The predicted octanol–water partition coefficient (Wildman–Crippen LogP) is 4.33. The van der Waals surface area contributed by atoms with Gasteiger partial charge >= 0.3 is 0 Å². The second-order valence-electron chi connectivity index (χ2n) is 6.10. The van der Waals surface area contributed by atoms with Gasteiger partial charge in [-0.25, -0.2) is 0 Å². The molecule has 0 aliphatic heterocycles. The lowest BCUT2D eigenvalue weighted by molar-refractivity contribution is -0.116. The van der Waals surface area contributed by atoms with Gasteiger partial charge in [-0.1, -0.05) is 24.6 Å². The Kier molecular flexibility index (Phi) is 5.17. The van der Waals surface area contributed by atoms with E-state index in [1.54, 1.807) is 11.3 Å². The molecular formula is C19H21N3OS. The molecule has 1 heterocycles. The largest absolute Gasteiger partial charge is 0.374 e. The van der Waals surface area contributed by atoms with Crippen LogP contribution in [0.2, 0.25) is 0 Å². The van der Waals surface area contributed by atoms with Gasteiger partial charge in [-0.15, -0.1) is 11.3 Å². The number of benzene rings is 1. The van der Waals surface area contributed by atoms with E-state index in [1.165, 1.54) is 11.3 Å². The Morgan fingerprint density at radius 2 is 1.96 bits per heavy atom. The maximum absolute atomic E-state index is 12.5.